The SMILES string of the molecule is CC(C)C(C)N(C)C(=O)c1sc(N2CCOCC2)nc1N. The lowest BCUT2D eigenvalue weighted by Crippen LogP contribution is -2.38. The average Bonchev–Trinajstić information content (AvgIpc) is 2.87. The largest absolute Gasteiger partial charge is 0.382 e. The van der Waals surface area contributed by atoms with E-state index in [1.54, 1.807) is 4.90 Å². The molecule has 1 atom stereocenters. The molecule has 1 aromatic heterocycles. The Morgan fingerprint density at radius 3 is 2.57 bits per heavy atom. The molecule has 0 spiro atoms. The van der Waals surface area contributed by atoms with Gasteiger partial charge in [0.15, 0.2) is 5.13 Å². The molecule has 1 aromatic rings. The van der Waals surface area contributed by atoms with Crippen LogP contribution in [0.15, 0.2) is 0 Å². The summed E-state index contributed by atoms with van der Waals surface area (Å²) >= 11 is 1.37. The van der Waals surface area contributed by atoms with Crippen molar-refractivity contribution in [3.05, 3.63) is 4.88 Å². The first kappa shape index (κ1) is 16.0. The smallest absolute Gasteiger partial charge is 0.267 e. The summed E-state index contributed by atoms with van der Waals surface area (Å²) < 4.78 is 5.33. The van der Waals surface area contributed by atoms with Gasteiger partial charge in [0.1, 0.15) is 10.7 Å². The van der Waals surface area contributed by atoms with Crippen LogP contribution >= 0.6 is 11.3 Å². The standard InChI is InChI=1S/C14H24N4O2S/c1-9(2)10(3)17(4)13(19)11-12(15)16-14(21-11)18-5-7-20-8-6-18/h9-10H,5-8,15H2,1-4H3. The molecule has 118 valence electrons. The minimum Gasteiger partial charge on any atom is -0.382 e. The zero-order valence-corrected chi connectivity index (χ0v) is 13.9. The van der Waals surface area contributed by atoms with Crippen molar-refractivity contribution in [2.45, 2.75) is 26.8 Å². The van der Waals surface area contributed by atoms with Gasteiger partial charge in [0.2, 0.25) is 0 Å². The number of thiazole rings is 1. The van der Waals surface area contributed by atoms with Gasteiger partial charge in [0, 0.05) is 26.2 Å². The minimum atomic E-state index is -0.0503. The maximum absolute atomic E-state index is 12.6. The highest BCUT2D eigenvalue weighted by atomic mass is 32.1. The molecule has 0 radical (unpaired) electrons. The molecule has 6 nitrogen and oxygen atoms in total. The Kier molecular flexibility index (Phi) is 5.05. The molecule has 1 unspecified atom stereocenters. The van der Waals surface area contributed by atoms with Gasteiger partial charge in [-0.3, -0.25) is 4.79 Å². The first-order valence-corrected chi connectivity index (χ1v) is 8.09. The molecular formula is C14H24N4O2S. The van der Waals surface area contributed by atoms with Gasteiger partial charge in [0.05, 0.1) is 13.2 Å². The molecule has 21 heavy (non-hydrogen) atoms. The van der Waals surface area contributed by atoms with Crippen LogP contribution in [0.2, 0.25) is 0 Å². The summed E-state index contributed by atoms with van der Waals surface area (Å²) in [7, 11) is 1.82. The van der Waals surface area contributed by atoms with Crippen LogP contribution in [0.25, 0.3) is 0 Å². The van der Waals surface area contributed by atoms with Crippen molar-refractivity contribution in [2.75, 3.05) is 44.0 Å². The maximum atomic E-state index is 12.6. The molecule has 1 saturated heterocycles. The number of anilines is 2. The Bertz CT molecular complexity index is 497. The van der Waals surface area contributed by atoms with Crippen LogP contribution in [0, 0.1) is 5.92 Å². The lowest BCUT2D eigenvalue weighted by Gasteiger charge is -2.27. The molecule has 0 bridgehead atoms. The number of carbonyl (C=O) groups is 1. The number of nitrogens with zero attached hydrogens (tertiary/aromatic N) is 3. The van der Waals surface area contributed by atoms with Gasteiger partial charge in [-0.1, -0.05) is 25.2 Å². The molecule has 0 saturated carbocycles. The van der Waals surface area contributed by atoms with E-state index in [-0.39, 0.29) is 11.9 Å². The second-order valence-corrected chi connectivity index (χ2v) is 6.69. The summed E-state index contributed by atoms with van der Waals surface area (Å²) in [6.07, 6.45) is 0. The molecule has 7 heteroatoms. The number of hydrogen-bond donors (Lipinski definition) is 1. The van der Waals surface area contributed by atoms with Crippen molar-refractivity contribution in [3.63, 3.8) is 0 Å². The molecular weight excluding hydrogens is 288 g/mol. The van der Waals surface area contributed by atoms with Gasteiger partial charge in [-0.25, -0.2) is 4.98 Å². The molecule has 1 aliphatic heterocycles. The van der Waals surface area contributed by atoms with E-state index in [4.69, 9.17) is 10.5 Å². The van der Waals surface area contributed by atoms with Crippen LogP contribution in [0.5, 0.6) is 0 Å². The van der Waals surface area contributed by atoms with E-state index in [1.165, 1.54) is 11.3 Å². The van der Waals surface area contributed by atoms with Crippen LogP contribution in [0.1, 0.15) is 30.4 Å². The predicted octanol–water partition coefficient (Wildman–Crippen LogP) is 1.68. The van der Waals surface area contributed by atoms with Gasteiger partial charge < -0.3 is 20.3 Å². The number of hydrogen-bond acceptors (Lipinski definition) is 6. The summed E-state index contributed by atoms with van der Waals surface area (Å²) in [5, 5.41) is 0.810. The van der Waals surface area contributed by atoms with Crippen molar-refractivity contribution in [2.24, 2.45) is 5.92 Å². The number of nitrogen functional groups attached to an aromatic ring is 1. The van der Waals surface area contributed by atoms with E-state index in [9.17, 15) is 4.79 Å². The molecule has 2 N–H and O–H groups in total. The highest BCUT2D eigenvalue weighted by molar-refractivity contribution is 7.18. The van der Waals surface area contributed by atoms with E-state index in [1.807, 2.05) is 14.0 Å². The zero-order valence-electron chi connectivity index (χ0n) is 13.1. The molecule has 0 aromatic carbocycles. The van der Waals surface area contributed by atoms with Crippen LogP contribution in [-0.4, -0.2) is 55.2 Å². The molecule has 1 fully saturated rings. The summed E-state index contributed by atoms with van der Waals surface area (Å²) in [6.45, 7) is 9.20. The Morgan fingerprint density at radius 1 is 1.38 bits per heavy atom. The molecule has 0 aliphatic carbocycles. The molecule has 1 aliphatic rings. The zero-order chi connectivity index (χ0) is 15.6. The van der Waals surface area contributed by atoms with Crippen LogP contribution in [0.4, 0.5) is 10.9 Å². The average molecular weight is 312 g/mol. The second-order valence-electron chi connectivity index (χ2n) is 5.71. The highest BCUT2D eigenvalue weighted by Gasteiger charge is 2.26. The third-order valence-electron chi connectivity index (χ3n) is 4.01. The quantitative estimate of drug-likeness (QED) is 0.916. The third-order valence-corrected chi connectivity index (χ3v) is 5.13. The van der Waals surface area contributed by atoms with Gasteiger partial charge in [0.25, 0.3) is 5.91 Å². The van der Waals surface area contributed by atoms with Crippen LogP contribution in [-0.2, 0) is 4.74 Å². The molecule has 2 rings (SSSR count). The van der Waals surface area contributed by atoms with E-state index < -0.39 is 0 Å². The first-order valence-electron chi connectivity index (χ1n) is 7.28. The predicted molar refractivity (Wildman–Crippen MR) is 86.0 cm³/mol. The number of carbonyl (C=O) groups excluding carboxylic acids is 1. The lowest BCUT2D eigenvalue weighted by molar-refractivity contribution is 0.0713. The number of morpholine rings is 1. The first-order chi connectivity index (χ1) is 9.91. The maximum Gasteiger partial charge on any atom is 0.267 e. The number of rotatable bonds is 4. The Labute approximate surface area is 129 Å². The summed E-state index contributed by atoms with van der Waals surface area (Å²) in [5.41, 5.74) is 5.96. The second kappa shape index (κ2) is 6.62. The number of aromatic nitrogens is 1. The van der Waals surface area contributed by atoms with Gasteiger partial charge in [-0.2, -0.15) is 0 Å². The van der Waals surface area contributed by atoms with Crippen molar-refractivity contribution in [1.82, 2.24) is 9.88 Å². The topological polar surface area (TPSA) is 71.7 Å². The Balaban J connectivity index is 2.16. The van der Waals surface area contributed by atoms with Gasteiger partial charge in [-0.15, -0.1) is 0 Å². The summed E-state index contributed by atoms with van der Waals surface area (Å²) in [5.74, 6) is 0.673. The van der Waals surface area contributed by atoms with E-state index >= 15 is 0 Å². The Morgan fingerprint density at radius 2 is 2.00 bits per heavy atom. The van der Waals surface area contributed by atoms with Crippen LogP contribution < -0.4 is 10.6 Å². The number of nitrogens with two attached hydrogens (primary N) is 1. The molecule has 2 heterocycles. The van der Waals surface area contributed by atoms with E-state index in [0.29, 0.717) is 29.8 Å². The normalized spacial score (nSPS) is 17.1. The van der Waals surface area contributed by atoms with E-state index in [0.717, 1.165) is 18.2 Å². The van der Waals surface area contributed by atoms with Crippen molar-refractivity contribution in [3.8, 4) is 0 Å². The minimum absolute atomic E-state index is 0.0503. The summed E-state index contributed by atoms with van der Waals surface area (Å²) in [4.78, 5) is 21.3. The van der Waals surface area contributed by atoms with Crippen molar-refractivity contribution >= 4 is 28.2 Å². The fourth-order valence-corrected chi connectivity index (χ4v) is 3.18. The van der Waals surface area contributed by atoms with E-state index in [2.05, 4.69) is 23.7 Å². The van der Waals surface area contributed by atoms with Gasteiger partial charge >= 0.3 is 0 Å². The van der Waals surface area contributed by atoms with Crippen molar-refractivity contribution in [1.29, 1.82) is 0 Å². The number of ether oxygens (including phenoxy) is 1. The van der Waals surface area contributed by atoms with Crippen molar-refractivity contribution < 1.29 is 9.53 Å². The Hall–Kier alpha value is -1.34. The third kappa shape index (κ3) is 3.47. The fourth-order valence-electron chi connectivity index (χ4n) is 2.16. The van der Waals surface area contributed by atoms with Gasteiger partial charge in [-0.05, 0) is 12.8 Å². The van der Waals surface area contributed by atoms with Crippen LogP contribution in [0.3, 0.4) is 0 Å². The fraction of sp³-hybridized carbons (Fsp3) is 0.714. The highest BCUT2D eigenvalue weighted by Crippen LogP contribution is 2.30. The summed E-state index contributed by atoms with van der Waals surface area (Å²) in [6, 6.07) is 0.158. The number of amides is 1. The molecule has 1 amide bonds. The lowest BCUT2D eigenvalue weighted by atomic mass is 10.1. The monoisotopic (exact) mass is 312 g/mol.